The van der Waals surface area contributed by atoms with Gasteiger partial charge in [0.2, 0.25) is 5.91 Å². The maximum absolute atomic E-state index is 11.9. The summed E-state index contributed by atoms with van der Waals surface area (Å²) >= 11 is 12.0. The second-order valence-electron chi connectivity index (χ2n) is 4.16. The summed E-state index contributed by atoms with van der Waals surface area (Å²) in [6.45, 7) is 0. The zero-order valence-corrected chi connectivity index (χ0v) is 12.1. The van der Waals surface area contributed by atoms with E-state index in [-0.39, 0.29) is 23.7 Å². The number of hydrogen-bond donors (Lipinski definition) is 2. The Kier molecular flexibility index (Phi) is 4.77. The first kappa shape index (κ1) is 15.3. The van der Waals surface area contributed by atoms with Crippen molar-refractivity contribution in [1.29, 1.82) is 0 Å². The summed E-state index contributed by atoms with van der Waals surface area (Å²) in [6.07, 6.45) is 1.17. The molecule has 21 heavy (non-hydrogen) atoms. The molecule has 0 atom stereocenters. The number of carboxylic acids is 1. The van der Waals surface area contributed by atoms with Crippen LogP contribution in [0.5, 0.6) is 0 Å². The van der Waals surface area contributed by atoms with Crippen molar-refractivity contribution in [2.75, 3.05) is 5.32 Å². The monoisotopic (exact) mass is 324 g/mol. The molecule has 5 nitrogen and oxygen atoms in total. The number of hydrogen-bond acceptors (Lipinski definition) is 3. The number of anilines is 1. The molecule has 0 radical (unpaired) electrons. The molecule has 0 saturated heterocycles. The molecule has 2 rings (SSSR count). The summed E-state index contributed by atoms with van der Waals surface area (Å²) in [5.41, 5.74) is 0.572. The van der Waals surface area contributed by atoms with Gasteiger partial charge in [-0.25, -0.2) is 9.78 Å². The Morgan fingerprint density at radius 1 is 1.14 bits per heavy atom. The van der Waals surface area contributed by atoms with Gasteiger partial charge in [-0.15, -0.1) is 0 Å². The van der Waals surface area contributed by atoms with Crippen LogP contribution in [0.1, 0.15) is 15.9 Å². The van der Waals surface area contributed by atoms with Gasteiger partial charge in [-0.05, 0) is 29.8 Å². The molecular formula is C14H10Cl2N2O3. The highest BCUT2D eigenvalue weighted by molar-refractivity contribution is 6.36. The number of carbonyl (C=O) groups excluding carboxylic acids is 1. The van der Waals surface area contributed by atoms with Crippen molar-refractivity contribution in [2.45, 2.75) is 6.42 Å². The molecule has 0 aliphatic rings. The lowest BCUT2D eigenvalue weighted by atomic mass is 10.1. The normalized spacial score (nSPS) is 10.2. The molecular weight excluding hydrogens is 315 g/mol. The van der Waals surface area contributed by atoms with Gasteiger partial charge in [-0.3, -0.25) is 4.79 Å². The van der Waals surface area contributed by atoms with Gasteiger partial charge in [0.1, 0.15) is 5.82 Å². The predicted octanol–water partition coefficient (Wildman–Crippen LogP) is 3.27. The van der Waals surface area contributed by atoms with Gasteiger partial charge in [-0.1, -0.05) is 29.3 Å². The van der Waals surface area contributed by atoms with E-state index in [9.17, 15) is 9.59 Å². The number of benzene rings is 1. The van der Waals surface area contributed by atoms with Crippen LogP contribution >= 0.6 is 23.2 Å². The number of rotatable bonds is 4. The summed E-state index contributed by atoms with van der Waals surface area (Å²) in [6, 6.07) is 7.76. The second-order valence-corrected chi connectivity index (χ2v) is 4.98. The number of halogens is 2. The topological polar surface area (TPSA) is 79.3 Å². The summed E-state index contributed by atoms with van der Waals surface area (Å²) in [7, 11) is 0. The Bertz CT molecular complexity index is 667. The number of nitrogens with zero attached hydrogens (tertiary/aromatic N) is 1. The number of carbonyl (C=O) groups is 2. The molecule has 1 amide bonds. The molecule has 2 N–H and O–H groups in total. The van der Waals surface area contributed by atoms with Gasteiger partial charge >= 0.3 is 5.97 Å². The summed E-state index contributed by atoms with van der Waals surface area (Å²) < 4.78 is 0. The Labute approximate surface area is 130 Å². The van der Waals surface area contributed by atoms with Gasteiger partial charge in [0.15, 0.2) is 0 Å². The molecule has 0 spiro atoms. The van der Waals surface area contributed by atoms with E-state index >= 15 is 0 Å². The van der Waals surface area contributed by atoms with Gasteiger partial charge in [-0.2, -0.15) is 0 Å². The van der Waals surface area contributed by atoms with Crippen molar-refractivity contribution < 1.29 is 14.7 Å². The van der Waals surface area contributed by atoms with Crippen molar-refractivity contribution in [2.24, 2.45) is 0 Å². The van der Waals surface area contributed by atoms with Crippen LogP contribution in [0.25, 0.3) is 0 Å². The Hall–Kier alpha value is -2.11. The lowest BCUT2D eigenvalue weighted by molar-refractivity contribution is -0.115. The number of aromatic carboxylic acids is 1. The largest absolute Gasteiger partial charge is 0.478 e. The van der Waals surface area contributed by atoms with Gasteiger partial charge < -0.3 is 10.4 Å². The third kappa shape index (κ3) is 3.93. The first-order valence-electron chi connectivity index (χ1n) is 5.89. The third-order valence-corrected chi connectivity index (χ3v) is 3.39. The maximum Gasteiger partial charge on any atom is 0.337 e. The molecule has 0 fully saturated rings. The minimum atomic E-state index is -1.08. The van der Waals surface area contributed by atoms with Crippen LogP contribution in [0.3, 0.4) is 0 Å². The van der Waals surface area contributed by atoms with Crippen molar-refractivity contribution in [3.63, 3.8) is 0 Å². The van der Waals surface area contributed by atoms with Crippen molar-refractivity contribution in [3.05, 3.63) is 57.7 Å². The highest BCUT2D eigenvalue weighted by Crippen LogP contribution is 2.24. The predicted molar refractivity (Wildman–Crippen MR) is 80.0 cm³/mol. The molecule has 1 aromatic heterocycles. The fourth-order valence-electron chi connectivity index (χ4n) is 1.64. The van der Waals surface area contributed by atoms with Crippen LogP contribution in [0.2, 0.25) is 10.0 Å². The van der Waals surface area contributed by atoms with E-state index in [1.807, 2.05) is 0 Å². The van der Waals surface area contributed by atoms with Crippen molar-refractivity contribution in [3.8, 4) is 0 Å². The Morgan fingerprint density at radius 2 is 1.81 bits per heavy atom. The van der Waals surface area contributed by atoms with Crippen LogP contribution in [0.4, 0.5) is 5.82 Å². The van der Waals surface area contributed by atoms with E-state index in [1.54, 1.807) is 18.2 Å². The fourth-order valence-corrected chi connectivity index (χ4v) is 2.17. The first-order valence-corrected chi connectivity index (χ1v) is 6.65. The summed E-state index contributed by atoms with van der Waals surface area (Å²) in [4.78, 5) is 26.5. The standard InChI is InChI=1S/C14H10Cl2N2O3/c15-10-2-1-3-11(16)9(10)6-13(19)18-12-5-4-8(7-17-12)14(20)21/h1-5,7H,6H2,(H,20,21)(H,17,18,19). The first-order chi connectivity index (χ1) is 9.97. The fraction of sp³-hybridized carbons (Fsp3) is 0.0714. The number of aromatic nitrogens is 1. The van der Waals surface area contributed by atoms with Crippen LogP contribution in [-0.2, 0) is 11.2 Å². The molecule has 7 heteroatoms. The van der Waals surface area contributed by atoms with Crippen molar-refractivity contribution >= 4 is 40.9 Å². The highest BCUT2D eigenvalue weighted by Gasteiger charge is 2.12. The van der Waals surface area contributed by atoms with E-state index in [4.69, 9.17) is 28.3 Å². The van der Waals surface area contributed by atoms with E-state index in [0.29, 0.717) is 15.6 Å². The van der Waals surface area contributed by atoms with Crippen LogP contribution in [0.15, 0.2) is 36.5 Å². The minimum absolute atomic E-state index is 0.000862. The highest BCUT2D eigenvalue weighted by atomic mass is 35.5. The number of carboxylic acid groups (broad SMARTS) is 1. The number of amides is 1. The van der Waals surface area contributed by atoms with E-state index in [0.717, 1.165) is 0 Å². The third-order valence-electron chi connectivity index (χ3n) is 2.68. The zero-order valence-electron chi connectivity index (χ0n) is 10.6. The number of pyridine rings is 1. The van der Waals surface area contributed by atoms with Gasteiger partial charge in [0.05, 0.1) is 12.0 Å². The number of nitrogens with one attached hydrogen (secondary N) is 1. The van der Waals surface area contributed by atoms with Crippen LogP contribution in [-0.4, -0.2) is 22.0 Å². The second kappa shape index (κ2) is 6.56. The summed E-state index contributed by atoms with van der Waals surface area (Å²) in [5, 5.41) is 12.1. The molecule has 0 saturated carbocycles. The smallest absolute Gasteiger partial charge is 0.337 e. The summed E-state index contributed by atoms with van der Waals surface area (Å²) in [5.74, 6) is -1.17. The average molecular weight is 325 g/mol. The van der Waals surface area contributed by atoms with E-state index in [1.165, 1.54) is 18.3 Å². The Morgan fingerprint density at radius 3 is 2.33 bits per heavy atom. The molecule has 2 aromatic rings. The van der Waals surface area contributed by atoms with E-state index in [2.05, 4.69) is 10.3 Å². The molecule has 0 aliphatic carbocycles. The molecule has 1 aromatic carbocycles. The molecule has 1 heterocycles. The lowest BCUT2D eigenvalue weighted by Crippen LogP contribution is -2.16. The van der Waals surface area contributed by atoms with Crippen LogP contribution < -0.4 is 5.32 Å². The van der Waals surface area contributed by atoms with Gasteiger partial charge in [0, 0.05) is 16.2 Å². The molecule has 0 bridgehead atoms. The van der Waals surface area contributed by atoms with Crippen molar-refractivity contribution in [1.82, 2.24) is 4.98 Å². The molecule has 0 aliphatic heterocycles. The SMILES string of the molecule is O=C(Cc1c(Cl)cccc1Cl)Nc1ccc(C(=O)O)cn1. The quantitative estimate of drug-likeness (QED) is 0.904. The average Bonchev–Trinajstić information content (AvgIpc) is 2.43. The molecule has 108 valence electrons. The maximum atomic E-state index is 11.9. The van der Waals surface area contributed by atoms with Gasteiger partial charge in [0.25, 0.3) is 0 Å². The minimum Gasteiger partial charge on any atom is -0.478 e. The molecule has 0 unspecified atom stereocenters. The van der Waals surface area contributed by atoms with Crippen LogP contribution in [0, 0.1) is 0 Å². The zero-order chi connectivity index (χ0) is 15.4. The lowest BCUT2D eigenvalue weighted by Gasteiger charge is -2.07. The Balaban J connectivity index is 2.06. The van der Waals surface area contributed by atoms with E-state index < -0.39 is 5.97 Å².